The van der Waals surface area contributed by atoms with Crippen LogP contribution in [0.15, 0.2) is 18.2 Å². The molecule has 1 aliphatic rings. The fraction of sp³-hybridized carbons (Fsp3) is 0.500. The Morgan fingerprint density at radius 1 is 1.35 bits per heavy atom. The minimum absolute atomic E-state index is 0.283. The molecule has 0 unspecified atom stereocenters. The first-order valence-electron chi connectivity index (χ1n) is 8.21. The molecule has 3 rings (SSSR count). The van der Waals surface area contributed by atoms with Crippen LogP contribution in [-0.4, -0.2) is 42.7 Å². The van der Waals surface area contributed by atoms with Gasteiger partial charge in [0, 0.05) is 42.9 Å². The second kappa shape index (κ2) is 6.91. The van der Waals surface area contributed by atoms with Crippen molar-refractivity contribution in [2.24, 2.45) is 5.73 Å². The normalized spacial score (nSPS) is 17.6. The number of hydrogen-bond donors (Lipinski definition) is 1. The summed E-state index contributed by atoms with van der Waals surface area (Å²) in [7, 11) is 0. The number of aromatic nitrogens is 1. The first kappa shape index (κ1) is 16.3. The number of fused-ring (bicyclic) bond motifs is 1. The summed E-state index contributed by atoms with van der Waals surface area (Å²) in [6, 6.07) is 5.30. The van der Waals surface area contributed by atoms with Gasteiger partial charge in [0.25, 0.3) is 0 Å². The number of aryl methyl sites for hydroxylation is 1. The lowest BCUT2D eigenvalue weighted by atomic mass is 9.99. The molecule has 0 saturated carbocycles. The van der Waals surface area contributed by atoms with Gasteiger partial charge in [-0.15, -0.1) is 0 Å². The van der Waals surface area contributed by atoms with Crippen molar-refractivity contribution < 1.29 is 9.13 Å². The van der Waals surface area contributed by atoms with Gasteiger partial charge in [-0.25, -0.2) is 4.39 Å². The molecule has 124 valence electrons. The van der Waals surface area contributed by atoms with Crippen molar-refractivity contribution in [3.8, 4) is 0 Å². The van der Waals surface area contributed by atoms with Gasteiger partial charge in [0.05, 0.1) is 24.6 Å². The predicted molar refractivity (Wildman–Crippen MR) is 90.0 cm³/mol. The van der Waals surface area contributed by atoms with Crippen molar-refractivity contribution in [1.82, 2.24) is 9.88 Å². The van der Waals surface area contributed by atoms with Crippen molar-refractivity contribution in [2.45, 2.75) is 26.3 Å². The standard InChI is InChI=1S/C18H24FN3O/c1-12-4-3-5-14-16(12)15(21-18(13(2)20)17(14)19)6-7-22-8-10-23-11-9-22/h3-5,13H,6-11,20H2,1-2H3/t13-/m0/s1. The molecule has 0 bridgehead atoms. The first-order valence-corrected chi connectivity index (χ1v) is 8.21. The van der Waals surface area contributed by atoms with Crippen molar-refractivity contribution in [2.75, 3.05) is 32.8 Å². The Morgan fingerprint density at radius 3 is 2.78 bits per heavy atom. The molecule has 23 heavy (non-hydrogen) atoms. The van der Waals surface area contributed by atoms with Crippen LogP contribution >= 0.6 is 0 Å². The summed E-state index contributed by atoms with van der Waals surface area (Å²) in [5.41, 5.74) is 8.28. The van der Waals surface area contributed by atoms with Crippen LogP contribution in [0.1, 0.15) is 29.9 Å². The lowest BCUT2D eigenvalue weighted by Gasteiger charge is -2.26. The highest BCUT2D eigenvalue weighted by Crippen LogP contribution is 2.28. The lowest BCUT2D eigenvalue weighted by molar-refractivity contribution is 0.0384. The molecule has 1 fully saturated rings. The first-order chi connectivity index (χ1) is 11.1. The van der Waals surface area contributed by atoms with Crippen molar-refractivity contribution in [3.05, 3.63) is 41.0 Å². The highest BCUT2D eigenvalue weighted by Gasteiger charge is 2.18. The van der Waals surface area contributed by atoms with Crippen molar-refractivity contribution >= 4 is 10.8 Å². The van der Waals surface area contributed by atoms with E-state index < -0.39 is 6.04 Å². The van der Waals surface area contributed by atoms with Gasteiger partial charge in [-0.1, -0.05) is 18.2 Å². The molecule has 1 aliphatic heterocycles. The number of nitrogens with zero attached hydrogens (tertiary/aromatic N) is 2. The Bertz CT molecular complexity index is 696. The van der Waals surface area contributed by atoms with Gasteiger partial charge in [-0.05, 0) is 19.4 Å². The summed E-state index contributed by atoms with van der Waals surface area (Å²) in [4.78, 5) is 6.95. The van der Waals surface area contributed by atoms with Crippen LogP contribution in [0.3, 0.4) is 0 Å². The van der Waals surface area contributed by atoms with Crippen molar-refractivity contribution in [1.29, 1.82) is 0 Å². The average Bonchev–Trinajstić information content (AvgIpc) is 2.55. The Labute approximate surface area is 136 Å². The second-order valence-corrected chi connectivity index (χ2v) is 6.25. The maximum atomic E-state index is 14.7. The van der Waals surface area contributed by atoms with E-state index in [2.05, 4.69) is 9.88 Å². The molecule has 2 heterocycles. The third-order valence-corrected chi connectivity index (χ3v) is 4.48. The summed E-state index contributed by atoms with van der Waals surface area (Å²) < 4.78 is 20.1. The minimum Gasteiger partial charge on any atom is -0.379 e. The summed E-state index contributed by atoms with van der Waals surface area (Å²) in [5, 5.41) is 1.56. The molecule has 5 heteroatoms. The monoisotopic (exact) mass is 317 g/mol. The number of morpholine rings is 1. The van der Waals surface area contributed by atoms with Crippen LogP contribution < -0.4 is 5.73 Å². The van der Waals surface area contributed by atoms with Crippen LogP contribution in [0.4, 0.5) is 4.39 Å². The highest BCUT2D eigenvalue weighted by atomic mass is 19.1. The molecular formula is C18H24FN3O. The number of ether oxygens (including phenoxy) is 1. The van der Waals surface area contributed by atoms with E-state index in [1.165, 1.54) is 0 Å². The average molecular weight is 317 g/mol. The summed E-state index contributed by atoms with van der Waals surface area (Å²) in [5.74, 6) is -0.283. The van der Waals surface area contributed by atoms with E-state index in [0.29, 0.717) is 11.1 Å². The third-order valence-electron chi connectivity index (χ3n) is 4.48. The van der Waals surface area contributed by atoms with Crippen LogP contribution in [0.2, 0.25) is 0 Å². The Morgan fingerprint density at radius 2 is 2.09 bits per heavy atom. The number of nitrogens with two attached hydrogens (primary N) is 1. The van der Waals surface area contributed by atoms with Gasteiger partial charge < -0.3 is 10.5 Å². The molecule has 1 aromatic carbocycles. The zero-order chi connectivity index (χ0) is 16.4. The molecule has 4 nitrogen and oxygen atoms in total. The van der Waals surface area contributed by atoms with E-state index in [4.69, 9.17) is 10.5 Å². The molecule has 0 radical (unpaired) electrons. The smallest absolute Gasteiger partial charge is 0.154 e. The molecular weight excluding hydrogens is 293 g/mol. The van der Waals surface area contributed by atoms with Gasteiger partial charge in [0.2, 0.25) is 0 Å². The zero-order valence-electron chi connectivity index (χ0n) is 13.8. The fourth-order valence-electron chi connectivity index (χ4n) is 3.19. The molecule has 2 aromatic rings. The Balaban J connectivity index is 1.98. The largest absolute Gasteiger partial charge is 0.379 e. The quantitative estimate of drug-likeness (QED) is 0.942. The SMILES string of the molecule is Cc1cccc2c(F)c([C@H](C)N)nc(CCN3CCOCC3)c12. The summed E-state index contributed by atoms with van der Waals surface area (Å²) >= 11 is 0. The third kappa shape index (κ3) is 3.37. The van der Waals surface area contributed by atoms with Gasteiger partial charge in [0.15, 0.2) is 5.82 Å². The van der Waals surface area contributed by atoms with Crippen LogP contribution in [-0.2, 0) is 11.2 Å². The molecule has 2 N–H and O–H groups in total. The van der Waals surface area contributed by atoms with Crippen LogP contribution in [0.5, 0.6) is 0 Å². The lowest BCUT2D eigenvalue weighted by Crippen LogP contribution is -2.37. The molecule has 1 atom stereocenters. The Hall–Kier alpha value is -1.56. The summed E-state index contributed by atoms with van der Waals surface area (Å²) in [6.07, 6.45) is 0.793. The number of pyridine rings is 1. The molecule has 1 aromatic heterocycles. The summed E-state index contributed by atoms with van der Waals surface area (Å²) in [6.45, 7) is 8.13. The maximum Gasteiger partial charge on any atom is 0.154 e. The molecule has 0 spiro atoms. The zero-order valence-corrected chi connectivity index (χ0v) is 13.8. The minimum atomic E-state index is -0.415. The van der Waals surface area contributed by atoms with E-state index >= 15 is 0 Å². The highest BCUT2D eigenvalue weighted by molar-refractivity contribution is 5.88. The van der Waals surface area contributed by atoms with E-state index in [-0.39, 0.29) is 5.82 Å². The van der Waals surface area contributed by atoms with Gasteiger partial charge in [0.1, 0.15) is 0 Å². The Kier molecular flexibility index (Phi) is 4.90. The van der Waals surface area contributed by atoms with E-state index in [1.807, 2.05) is 25.1 Å². The number of benzene rings is 1. The maximum absolute atomic E-state index is 14.7. The van der Waals surface area contributed by atoms with Gasteiger partial charge in [-0.3, -0.25) is 9.88 Å². The number of rotatable bonds is 4. The van der Waals surface area contributed by atoms with E-state index in [9.17, 15) is 4.39 Å². The van der Waals surface area contributed by atoms with Crippen molar-refractivity contribution in [3.63, 3.8) is 0 Å². The second-order valence-electron chi connectivity index (χ2n) is 6.25. The van der Waals surface area contributed by atoms with Gasteiger partial charge in [-0.2, -0.15) is 0 Å². The topological polar surface area (TPSA) is 51.4 Å². The fourth-order valence-corrected chi connectivity index (χ4v) is 3.19. The predicted octanol–water partition coefficient (Wildman–Crippen LogP) is 2.58. The molecule has 0 amide bonds. The van der Waals surface area contributed by atoms with Gasteiger partial charge >= 0.3 is 0 Å². The molecule has 1 saturated heterocycles. The van der Waals surface area contributed by atoms with Crippen LogP contribution in [0.25, 0.3) is 10.8 Å². The number of halogens is 1. The number of hydrogen-bond acceptors (Lipinski definition) is 4. The molecule has 0 aliphatic carbocycles. The van der Waals surface area contributed by atoms with E-state index in [1.54, 1.807) is 6.92 Å². The van der Waals surface area contributed by atoms with E-state index in [0.717, 1.165) is 55.9 Å². The van der Waals surface area contributed by atoms with Crippen LogP contribution in [0, 0.1) is 12.7 Å².